The molecule has 1 aromatic rings. The molecule has 0 unspecified atom stereocenters. The van der Waals surface area contributed by atoms with Gasteiger partial charge in [0.2, 0.25) is 10.0 Å². The van der Waals surface area contributed by atoms with E-state index in [1.54, 1.807) is 0 Å². The maximum atomic E-state index is 11.5. The van der Waals surface area contributed by atoms with Gasteiger partial charge in [0.05, 0.1) is 12.8 Å². The van der Waals surface area contributed by atoms with Gasteiger partial charge >= 0.3 is 11.8 Å². The van der Waals surface area contributed by atoms with E-state index in [1.807, 2.05) is 18.9 Å². The molecule has 0 saturated carbocycles. The summed E-state index contributed by atoms with van der Waals surface area (Å²) in [7, 11) is -3.20. The van der Waals surface area contributed by atoms with Gasteiger partial charge in [0.25, 0.3) is 0 Å². The molecule has 1 aromatic heterocycles. The van der Waals surface area contributed by atoms with Gasteiger partial charge in [-0.2, -0.15) is 4.31 Å². The number of aromatic nitrogens is 2. The summed E-state index contributed by atoms with van der Waals surface area (Å²) in [4.78, 5) is 12.5. The largest absolute Gasteiger partial charge is 0.430 e. The molecular formula is C9H17N4O4S+. The number of H-pyrrole nitrogens is 1. The molecule has 1 saturated heterocycles. The Morgan fingerprint density at radius 3 is 2.56 bits per heavy atom. The standard InChI is InChI=1S/C9H16N4O4S/c1-9(2)7-11(18(3,15)16)4-5-12(9)13-6-8(14)17-10-13/h6H,4-5,7H2,1-3H3/p+1. The highest BCUT2D eigenvalue weighted by molar-refractivity contribution is 7.88. The van der Waals surface area contributed by atoms with Crippen molar-refractivity contribution in [2.75, 3.05) is 30.9 Å². The lowest BCUT2D eigenvalue weighted by Gasteiger charge is -2.40. The van der Waals surface area contributed by atoms with Crippen molar-refractivity contribution in [3.8, 4) is 0 Å². The van der Waals surface area contributed by atoms with Crippen molar-refractivity contribution in [3.63, 3.8) is 0 Å². The molecule has 1 fully saturated rings. The van der Waals surface area contributed by atoms with E-state index < -0.39 is 21.2 Å². The van der Waals surface area contributed by atoms with Crippen LogP contribution in [0.4, 0.5) is 0 Å². The smallest absolute Gasteiger partial charge is 0.281 e. The molecule has 0 radical (unpaired) electrons. The maximum absolute atomic E-state index is 11.5. The quantitative estimate of drug-likeness (QED) is 0.647. The molecule has 1 aliphatic heterocycles. The van der Waals surface area contributed by atoms with Crippen LogP contribution in [-0.4, -0.2) is 49.4 Å². The Hall–Kier alpha value is -1.35. The van der Waals surface area contributed by atoms with Gasteiger partial charge in [0, 0.05) is 23.2 Å². The number of rotatable bonds is 2. The van der Waals surface area contributed by atoms with Crippen LogP contribution < -0.4 is 15.4 Å². The first kappa shape index (κ1) is 13.1. The molecule has 1 aliphatic rings. The fourth-order valence-corrected chi connectivity index (χ4v) is 3.11. The molecule has 0 spiro atoms. The first-order chi connectivity index (χ1) is 8.20. The van der Waals surface area contributed by atoms with Crippen LogP contribution in [0.5, 0.6) is 0 Å². The monoisotopic (exact) mass is 277 g/mol. The summed E-state index contributed by atoms with van der Waals surface area (Å²) in [6, 6.07) is 0. The molecule has 2 rings (SSSR count). The number of hydrogen-bond donors (Lipinski definition) is 1. The van der Waals surface area contributed by atoms with Crippen LogP contribution >= 0.6 is 0 Å². The molecule has 9 heteroatoms. The number of nitrogens with zero attached hydrogens (tertiary/aromatic N) is 3. The molecule has 1 N–H and O–H groups in total. The SMILES string of the molecule is CC1(C)CN(S(C)(=O)=O)CCN1[n+]1cc(=O)o[nH]1. The van der Waals surface area contributed by atoms with Crippen molar-refractivity contribution < 1.29 is 17.7 Å². The topological polar surface area (TPSA) is 90.5 Å². The summed E-state index contributed by atoms with van der Waals surface area (Å²) >= 11 is 0. The van der Waals surface area contributed by atoms with Gasteiger partial charge in [0.15, 0.2) is 0 Å². The normalized spacial score (nSPS) is 21.2. The molecule has 0 atom stereocenters. The zero-order valence-electron chi connectivity index (χ0n) is 10.6. The second kappa shape index (κ2) is 4.09. The lowest BCUT2D eigenvalue weighted by Crippen LogP contribution is -2.74. The summed E-state index contributed by atoms with van der Waals surface area (Å²) < 4.78 is 29.1. The van der Waals surface area contributed by atoms with Crippen molar-refractivity contribution in [3.05, 3.63) is 16.6 Å². The minimum atomic E-state index is -3.20. The van der Waals surface area contributed by atoms with E-state index in [4.69, 9.17) is 0 Å². The van der Waals surface area contributed by atoms with Crippen molar-refractivity contribution in [2.45, 2.75) is 19.4 Å². The predicted molar refractivity (Wildman–Crippen MR) is 63.1 cm³/mol. The Morgan fingerprint density at radius 2 is 2.11 bits per heavy atom. The highest BCUT2D eigenvalue weighted by atomic mass is 32.2. The molecule has 2 heterocycles. The third kappa shape index (κ3) is 2.41. The van der Waals surface area contributed by atoms with Gasteiger partial charge in [-0.25, -0.2) is 13.2 Å². The molecule has 8 nitrogen and oxygen atoms in total. The lowest BCUT2D eigenvalue weighted by atomic mass is 10.0. The molecule has 0 aliphatic carbocycles. The van der Waals surface area contributed by atoms with E-state index in [-0.39, 0.29) is 0 Å². The fourth-order valence-electron chi connectivity index (χ4n) is 2.15. The van der Waals surface area contributed by atoms with Gasteiger partial charge < -0.3 is 0 Å². The third-order valence-corrected chi connectivity index (χ3v) is 4.27. The first-order valence-electron chi connectivity index (χ1n) is 5.53. The minimum Gasteiger partial charge on any atom is -0.281 e. The molecule has 18 heavy (non-hydrogen) atoms. The van der Waals surface area contributed by atoms with Gasteiger partial charge in [-0.05, 0) is 13.8 Å². The number of piperazine rings is 1. The molecule has 0 aromatic carbocycles. The van der Waals surface area contributed by atoms with Gasteiger partial charge in [-0.3, -0.25) is 4.52 Å². The van der Waals surface area contributed by atoms with E-state index in [9.17, 15) is 13.2 Å². The molecule has 102 valence electrons. The van der Waals surface area contributed by atoms with Crippen LogP contribution in [0.1, 0.15) is 13.8 Å². The number of hydrogen-bond acceptors (Lipinski definition) is 5. The zero-order valence-corrected chi connectivity index (χ0v) is 11.4. The summed E-state index contributed by atoms with van der Waals surface area (Å²) in [5.41, 5.74) is -0.921. The Morgan fingerprint density at radius 1 is 1.44 bits per heavy atom. The van der Waals surface area contributed by atoms with Gasteiger partial charge in [-0.15, -0.1) is 5.01 Å². The van der Waals surface area contributed by atoms with E-state index in [0.29, 0.717) is 19.6 Å². The van der Waals surface area contributed by atoms with E-state index >= 15 is 0 Å². The predicted octanol–water partition coefficient (Wildman–Crippen LogP) is -1.75. The van der Waals surface area contributed by atoms with Crippen molar-refractivity contribution in [1.82, 2.24) is 9.58 Å². The van der Waals surface area contributed by atoms with Gasteiger partial charge in [-0.1, -0.05) is 0 Å². The highest BCUT2D eigenvalue weighted by Gasteiger charge is 2.42. The van der Waals surface area contributed by atoms with Crippen LogP contribution in [0, 0.1) is 0 Å². The van der Waals surface area contributed by atoms with Crippen LogP contribution in [-0.2, 0) is 10.0 Å². The van der Waals surface area contributed by atoms with E-state index in [0.717, 1.165) is 0 Å². The van der Waals surface area contributed by atoms with Crippen molar-refractivity contribution in [2.24, 2.45) is 0 Å². The average Bonchev–Trinajstić information content (AvgIpc) is 2.61. The average molecular weight is 277 g/mol. The lowest BCUT2D eigenvalue weighted by molar-refractivity contribution is -0.766. The van der Waals surface area contributed by atoms with Crippen LogP contribution in [0.25, 0.3) is 0 Å². The molecule has 0 amide bonds. The summed E-state index contributed by atoms with van der Waals surface area (Å²) in [5, 5.41) is 4.33. The summed E-state index contributed by atoms with van der Waals surface area (Å²) in [6.45, 7) is 5.01. The number of sulfonamides is 1. The van der Waals surface area contributed by atoms with E-state index in [1.165, 1.54) is 21.5 Å². The first-order valence-corrected chi connectivity index (χ1v) is 7.38. The second-order valence-corrected chi connectivity index (χ2v) is 7.00. The Kier molecular flexibility index (Phi) is 2.98. The number of aromatic amines is 1. The fraction of sp³-hybridized carbons (Fsp3) is 0.778. The van der Waals surface area contributed by atoms with Crippen LogP contribution in [0.3, 0.4) is 0 Å². The van der Waals surface area contributed by atoms with Crippen molar-refractivity contribution in [1.29, 1.82) is 0 Å². The number of nitrogens with one attached hydrogen (secondary N) is 1. The Bertz CT molecular complexity index is 588. The van der Waals surface area contributed by atoms with Crippen LogP contribution in [0.15, 0.2) is 15.5 Å². The summed E-state index contributed by atoms with van der Waals surface area (Å²) in [6.07, 6.45) is 2.49. The second-order valence-electron chi connectivity index (χ2n) is 5.02. The van der Waals surface area contributed by atoms with E-state index in [2.05, 4.69) is 9.79 Å². The highest BCUT2D eigenvalue weighted by Crippen LogP contribution is 2.18. The zero-order chi connectivity index (χ0) is 13.6. The molecule has 0 bridgehead atoms. The maximum Gasteiger partial charge on any atom is 0.430 e. The van der Waals surface area contributed by atoms with Gasteiger partial charge in [0.1, 0.15) is 5.54 Å². The van der Waals surface area contributed by atoms with Crippen LogP contribution in [0.2, 0.25) is 0 Å². The minimum absolute atomic E-state index is 0.353. The summed E-state index contributed by atoms with van der Waals surface area (Å²) in [5.74, 6) is 0. The third-order valence-electron chi connectivity index (χ3n) is 3.02. The van der Waals surface area contributed by atoms with Crippen molar-refractivity contribution >= 4 is 10.0 Å². The Labute approximate surface area is 105 Å². The molecular weight excluding hydrogens is 260 g/mol. The Balaban J connectivity index is 2.25.